The Kier molecular flexibility index (Phi) is 8.18. The van der Waals surface area contributed by atoms with Crippen LogP contribution in [0.1, 0.15) is 18.1 Å². The molecule has 0 bridgehead atoms. The minimum absolute atomic E-state index is 0.115. The highest BCUT2D eigenvalue weighted by atomic mass is 35.5. The van der Waals surface area contributed by atoms with E-state index in [1.807, 2.05) is 91.2 Å². The predicted molar refractivity (Wildman–Crippen MR) is 141 cm³/mol. The minimum Gasteiger partial charge on any atom is -0.493 e. The number of hydrogen-bond acceptors (Lipinski definition) is 6. The molecule has 0 spiro atoms. The molecular weight excluding hydrogens is 482 g/mol. The number of ether oxygens (including phenoxy) is 1. The number of para-hydroxylation sites is 1. The Balaban J connectivity index is 1.49. The van der Waals surface area contributed by atoms with Gasteiger partial charge < -0.3 is 4.74 Å². The number of hydrogen-bond donors (Lipinski definition) is 1. The molecule has 0 radical (unpaired) electrons. The van der Waals surface area contributed by atoms with Crippen molar-refractivity contribution in [1.29, 1.82) is 0 Å². The molecule has 0 aliphatic rings. The van der Waals surface area contributed by atoms with Gasteiger partial charge in [0, 0.05) is 21.8 Å². The van der Waals surface area contributed by atoms with E-state index in [4.69, 9.17) is 16.3 Å². The number of aromatic nitrogens is 3. The molecule has 0 atom stereocenters. The van der Waals surface area contributed by atoms with Gasteiger partial charge in [-0.25, -0.2) is 5.43 Å². The normalized spacial score (nSPS) is 11.1. The van der Waals surface area contributed by atoms with Crippen LogP contribution in [0.15, 0.2) is 83.1 Å². The molecule has 1 amide bonds. The van der Waals surface area contributed by atoms with Crippen molar-refractivity contribution in [2.24, 2.45) is 5.10 Å². The van der Waals surface area contributed by atoms with Crippen molar-refractivity contribution in [3.8, 4) is 22.8 Å². The zero-order valence-electron chi connectivity index (χ0n) is 19.3. The molecule has 1 N–H and O–H groups in total. The van der Waals surface area contributed by atoms with E-state index < -0.39 is 0 Å². The van der Waals surface area contributed by atoms with Crippen molar-refractivity contribution in [3.63, 3.8) is 0 Å². The number of carbonyl (C=O) groups is 1. The van der Waals surface area contributed by atoms with Crippen LogP contribution in [0.25, 0.3) is 17.1 Å². The fraction of sp³-hybridized carbons (Fsp3) is 0.154. The van der Waals surface area contributed by atoms with E-state index in [0.29, 0.717) is 28.4 Å². The van der Waals surface area contributed by atoms with Crippen LogP contribution in [0.2, 0.25) is 5.02 Å². The highest BCUT2D eigenvalue weighted by Crippen LogP contribution is 2.28. The lowest BCUT2D eigenvalue weighted by atomic mass is 10.1. The molecule has 0 fully saturated rings. The summed E-state index contributed by atoms with van der Waals surface area (Å²) in [6, 6.07) is 23.0. The molecule has 35 heavy (non-hydrogen) atoms. The summed E-state index contributed by atoms with van der Waals surface area (Å²) in [6.45, 7) is 4.50. The largest absolute Gasteiger partial charge is 0.493 e. The van der Waals surface area contributed by atoms with Gasteiger partial charge in [0.25, 0.3) is 5.91 Å². The van der Waals surface area contributed by atoms with Crippen LogP contribution >= 0.6 is 23.4 Å². The molecule has 1 heterocycles. The maximum absolute atomic E-state index is 12.5. The Labute approximate surface area is 213 Å². The molecule has 3 aromatic carbocycles. The average Bonchev–Trinajstić information content (AvgIpc) is 3.29. The van der Waals surface area contributed by atoms with Gasteiger partial charge >= 0.3 is 0 Å². The number of amides is 1. The van der Waals surface area contributed by atoms with E-state index in [2.05, 4.69) is 20.7 Å². The lowest BCUT2D eigenvalue weighted by Crippen LogP contribution is -2.20. The van der Waals surface area contributed by atoms with Gasteiger partial charge in [0.1, 0.15) is 5.75 Å². The third kappa shape index (κ3) is 6.29. The molecule has 0 aliphatic carbocycles. The van der Waals surface area contributed by atoms with Gasteiger partial charge in [0.2, 0.25) is 0 Å². The summed E-state index contributed by atoms with van der Waals surface area (Å²) in [5.41, 5.74) is 6.27. The molecule has 0 aliphatic heterocycles. The highest BCUT2D eigenvalue weighted by molar-refractivity contribution is 7.99. The third-order valence-corrected chi connectivity index (χ3v) is 6.15. The maximum atomic E-state index is 12.5. The minimum atomic E-state index is -0.261. The van der Waals surface area contributed by atoms with Gasteiger partial charge in [-0.3, -0.25) is 9.36 Å². The van der Waals surface area contributed by atoms with E-state index in [1.165, 1.54) is 11.8 Å². The first kappa shape index (κ1) is 24.5. The summed E-state index contributed by atoms with van der Waals surface area (Å²) in [5, 5.41) is 14.1. The standard InChI is InChI=1S/C26H24ClN5O2S/c1-3-34-23-7-5-4-6-20(23)16-28-29-24(33)17-35-26-31-30-25(19-10-8-18(2)9-11-19)32(26)22-14-12-21(27)13-15-22/h4-16H,3,17H2,1-2H3,(H,29,33). The number of halogens is 1. The van der Waals surface area contributed by atoms with Crippen LogP contribution in [0.3, 0.4) is 0 Å². The second-order valence-electron chi connectivity index (χ2n) is 7.54. The first-order valence-corrected chi connectivity index (χ1v) is 12.4. The van der Waals surface area contributed by atoms with E-state index in [0.717, 1.165) is 22.4 Å². The summed E-state index contributed by atoms with van der Waals surface area (Å²) < 4.78 is 7.49. The Bertz CT molecular complexity index is 1320. The van der Waals surface area contributed by atoms with E-state index in [1.54, 1.807) is 6.21 Å². The zero-order chi connectivity index (χ0) is 24.6. The number of aryl methyl sites for hydroxylation is 1. The fourth-order valence-corrected chi connectivity index (χ4v) is 4.16. The van der Waals surface area contributed by atoms with Crippen LogP contribution in [0.4, 0.5) is 0 Å². The van der Waals surface area contributed by atoms with Gasteiger partial charge in [-0.05, 0) is 50.2 Å². The summed E-state index contributed by atoms with van der Waals surface area (Å²) in [5.74, 6) is 1.25. The molecule has 4 rings (SSSR count). The van der Waals surface area contributed by atoms with E-state index >= 15 is 0 Å². The van der Waals surface area contributed by atoms with Crippen LogP contribution in [-0.4, -0.2) is 39.2 Å². The molecule has 0 unspecified atom stereocenters. The Morgan fingerprint density at radius 2 is 1.83 bits per heavy atom. The van der Waals surface area contributed by atoms with Gasteiger partial charge in [0.15, 0.2) is 11.0 Å². The van der Waals surface area contributed by atoms with Gasteiger partial charge in [-0.1, -0.05) is 65.3 Å². The van der Waals surface area contributed by atoms with Crippen molar-refractivity contribution in [3.05, 3.63) is 88.9 Å². The summed E-state index contributed by atoms with van der Waals surface area (Å²) in [6.07, 6.45) is 1.57. The number of nitrogens with one attached hydrogen (secondary N) is 1. The molecular formula is C26H24ClN5O2S. The topological polar surface area (TPSA) is 81.4 Å². The number of rotatable bonds is 9. The first-order chi connectivity index (χ1) is 17.0. The summed E-state index contributed by atoms with van der Waals surface area (Å²) in [7, 11) is 0. The van der Waals surface area contributed by atoms with Crippen molar-refractivity contribution in [2.75, 3.05) is 12.4 Å². The van der Waals surface area contributed by atoms with Crippen molar-refractivity contribution >= 4 is 35.5 Å². The lowest BCUT2D eigenvalue weighted by Gasteiger charge is -2.10. The van der Waals surface area contributed by atoms with Crippen molar-refractivity contribution in [1.82, 2.24) is 20.2 Å². The van der Waals surface area contributed by atoms with Crippen molar-refractivity contribution < 1.29 is 9.53 Å². The molecule has 4 aromatic rings. The van der Waals surface area contributed by atoms with Crippen LogP contribution in [0.5, 0.6) is 5.75 Å². The Hall–Kier alpha value is -3.62. The molecule has 9 heteroatoms. The monoisotopic (exact) mass is 505 g/mol. The molecule has 0 saturated heterocycles. The summed E-state index contributed by atoms with van der Waals surface area (Å²) in [4.78, 5) is 12.5. The second-order valence-corrected chi connectivity index (χ2v) is 8.92. The highest BCUT2D eigenvalue weighted by Gasteiger charge is 2.17. The SMILES string of the molecule is CCOc1ccccc1C=NNC(=O)CSc1nnc(-c2ccc(C)cc2)n1-c1ccc(Cl)cc1. The van der Waals surface area contributed by atoms with Crippen LogP contribution in [-0.2, 0) is 4.79 Å². The molecule has 7 nitrogen and oxygen atoms in total. The molecule has 0 saturated carbocycles. The van der Waals surface area contributed by atoms with Gasteiger partial charge in [-0.15, -0.1) is 10.2 Å². The first-order valence-electron chi connectivity index (χ1n) is 11.0. The fourth-order valence-electron chi connectivity index (χ4n) is 3.29. The van der Waals surface area contributed by atoms with Crippen LogP contribution < -0.4 is 10.2 Å². The predicted octanol–water partition coefficient (Wildman–Crippen LogP) is 5.54. The quantitative estimate of drug-likeness (QED) is 0.183. The van der Waals surface area contributed by atoms with Gasteiger partial charge in [-0.2, -0.15) is 5.10 Å². The number of carbonyl (C=O) groups excluding carboxylic acids is 1. The Morgan fingerprint density at radius 1 is 1.09 bits per heavy atom. The van der Waals surface area contributed by atoms with Crippen molar-refractivity contribution in [2.45, 2.75) is 19.0 Å². The van der Waals surface area contributed by atoms with Crippen LogP contribution in [0, 0.1) is 6.92 Å². The molecule has 178 valence electrons. The number of thioether (sulfide) groups is 1. The summed E-state index contributed by atoms with van der Waals surface area (Å²) >= 11 is 7.37. The molecule has 1 aromatic heterocycles. The van der Waals surface area contributed by atoms with Gasteiger partial charge in [0.05, 0.1) is 18.6 Å². The smallest absolute Gasteiger partial charge is 0.250 e. The average molecular weight is 506 g/mol. The third-order valence-electron chi connectivity index (χ3n) is 4.97. The number of nitrogens with zero attached hydrogens (tertiary/aromatic N) is 4. The van der Waals surface area contributed by atoms with E-state index in [-0.39, 0.29) is 11.7 Å². The van der Waals surface area contributed by atoms with E-state index in [9.17, 15) is 4.79 Å². The number of benzene rings is 3. The second kappa shape index (κ2) is 11.7. The lowest BCUT2D eigenvalue weighted by molar-refractivity contribution is -0.118. The number of hydrazone groups is 1. The maximum Gasteiger partial charge on any atom is 0.250 e. The zero-order valence-corrected chi connectivity index (χ0v) is 20.9. The Morgan fingerprint density at radius 3 is 2.57 bits per heavy atom.